The van der Waals surface area contributed by atoms with Crippen molar-refractivity contribution in [3.63, 3.8) is 0 Å². The number of carbonyl (C=O) groups excluding carboxylic acids is 2. The van der Waals surface area contributed by atoms with Crippen LogP contribution in [0.2, 0.25) is 5.02 Å². The van der Waals surface area contributed by atoms with Crippen LogP contribution in [0.3, 0.4) is 0 Å². The van der Waals surface area contributed by atoms with Gasteiger partial charge < -0.3 is 10.2 Å². The fraction of sp³-hybridized carbons (Fsp3) is 0.417. The Bertz CT molecular complexity index is 1090. The number of rotatable bonds is 7. The summed E-state index contributed by atoms with van der Waals surface area (Å²) in [6, 6.07) is 13.4. The number of amides is 2. The number of sulfonamides is 1. The number of hydrogen-bond acceptors (Lipinski definition) is 4. The van der Waals surface area contributed by atoms with Crippen LogP contribution < -0.4 is 5.32 Å². The molecule has 7 nitrogen and oxygen atoms in total. The fourth-order valence-electron chi connectivity index (χ4n) is 4.14. The average molecular weight is 492 g/mol. The number of hydrogen-bond donors (Lipinski definition) is 1. The van der Waals surface area contributed by atoms with Crippen LogP contribution in [0.15, 0.2) is 53.4 Å². The van der Waals surface area contributed by atoms with Gasteiger partial charge in [-0.15, -0.1) is 0 Å². The first-order valence-corrected chi connectivity index (χ1v) is 12.9. The third kappa shape index (κ3) is 5.39. The molecule has 0 bridgehead atoms. The second-order valence-electron chi connectivity index (χ2n) is 8.18. The lowest BCUT2D eigenvalue weighted by molar-refractivity contribution is -0.129. The van der Waals surface area contributed by atoms with Gasteiger partial charge in [0.2, 0.25) is 15.9 Å². The molecule has 178 valence electrons. The summed E-state index contributed by atoms with van der Waals surface area (Å²) in [7, 11) is -3.69. The van der Waals surface area contributed by atoms with Gasteiger partial charge in [-0.2, -0.15) is 4.31 Å². The van der Waals surface area contributed by atoms with Crippen molar-refractivity contribution in [2.45, 2.75) is 44.0 Å². The normalized spacial score (nSPS) is 15.3. The van der Waals surface area contributed by atoms with Crippen LogP contribution in [0.5, 0.6) is 0 Å². The lowest BCUT2D eigenvalue weighted by atomic mass is 9.84. The molecule has 3 rings (SSSR count). The van der Waals surface area contributed by atoms with Gasteiger partial charge in [0, 0.05) is 43.7 Å². The third-order valence-electron chi connectivity index (χ3n) is 6.39. The van der Waals surface area contributed by atoms with Gasteiger partial charge in [0.25, 0.3) is 5.91 Å². The molecular weight excluding hydrogens is 462 g/mol. The molecule has 2 aromatic rings. The van der Waals surface area contributed by atoms with E-state index in [4.69, 9.17) is 11.6 Å². The molecule has 1 N–H and O–H groups in total. The largest absolute Gasteiger partial charge is 0.343 e. The van der Waals surface area contributed by atoms with Gasteiger partial charge in [0.15, 0.2) is 0 Å². The van der Waals surface area contributed by atoms with Crippen LogP contribution in [-0.2, 0) is 20.4 Å². The van der Waals surface area contributed by atoms with Gasteiger partial charge in [0.05, 0.1) is 10.4 Å². The number of nitrogens with one attached hydrogen (secondary N) is 1. The molecule has 1 heterocycles. The molecule has 2 aromatic carbocycles. The number of carbonyl (C=O) groups is 2. The first kappa shape index (κ1) is 25.2. The first-order chi connectivity index (χ1) is 15.6. The maximum absolute atomic E-state index is 13.0. The highest BCUT2D eigenvalue weighted by Crippen LogP contribution is 2.30. The van der Waals surface area contributed by atoms with Gasteiger partial charge in [-0.05, 0) is 54.8 Å². The van der Waals surface area contributed by atoms with Crippen molar-refractivity contribution >= 4 is 33.4 Å². The van der Waals surface area contributed by atoms with E-state index in [-0.39, 0.29) is 29.8 Å². The minimum absolute atomic E-state index is 0.0590. The molecule has 0 atom stereocenters. The molecule has 1 aliphatic rings. The zero-order valence-corrected chi connectivity index (χ0v) is 20.7. The van der Waals surface area contributed by atoms with Crippen molar-refractivity contribution in [2.75, 3.05) is 26.2 Å². The molecule has 1 saturated heterocycles. The lowest BCUT2D eigenvalue weighted by Crippen LogP contribution is -2.49. The molecule has 1 fully saturated rings. The fourth-order valence-corrected chi connectivity index (χ4v) is 5.68. The van der Waals surface area contributed by atoms with Gasteiger partial charge in [-0.1, -0.05) is 37.6 Å². The smallest absolute Gasteiger partial charge is 0.251 e. The van der Waals surface area contributed by atoms with Crippen LogP contribution in [0.1, 0.15) is 49.5 Å². The molecule has 1 aliphatic heterocycles. The number of halogens is 1. The minimum atomic E-state index is -3.69. The van der Waals surface area contributed by atoms with E-state index < -0.39 is 15.6 Å². The molecule has 0 radical (unpaired) electrons. The number of nitrogens with zero attached hydrogens (tertiary/aromatic N) is 2. The molecule has 0 aliphatic carbocycles. The molecule has 9 heteroatoms. The van der Waals surface area contributed by atoms with Gasteiger partial charge in [-0.3, -0.25) is 9.59 Å². The zero-order valence-electron chi connectivity index (χ0n) is 19.2. The highest BCUT2D eigenvalue weighted by molar-refractivity contribution is 7.89. The third-order valence-corrected chi connectivity index (χ3v) is 8.56. The van der Waals surface area contributed by atoms with Crippen molar-refractivity contribution < 1.29 is 18.0 Å². The molecule has 2 amide bonds. The van der Waals surface area contributed by atoms with Crippen LogP contribution in [0.25, 0.3) is 0 Å². The quantitative estimate of drug-likeness (QED) is 0.640. The molecule has 0 spiro atoms. The summed E-state index contributed by atoms with van der Waals surface area (Å²) in [5.74, 6) is -0.330. The van der Waals surface area contributed by atoms with E-state index in [1.165, 1.54) is 35.5 Å². The highest BCUT2D eigenvalue weighted by atomic mass is 35.5. The summed E-state index contributed by atoms with van der Waals surface area (Å²) in [5.41, 5.74) is 0.799. The van der Waals surface area contributed by atoms with E-state index in [1.54, 1.807) is 17.0 Å². The van der Waals surface area contributed by atoms with E-state index >= 15 is 0 Å². The first-order valence-electron chi connectivity index (χ1n) is 11.1. The Hall–Kier alpha value is -2.42. The topological polar surface area (TPSA) is 86.8 Å². The standard InChI is InChI=1S/C24H30ClN3O4S/c1-4-24(5-2,20-8-10-21(25)11-9-20)26-23(30)19-6-12-22(13-7-19)33(31,32)28-16-14-27(15-17-28)18(3)29/h6-13H,4-5,14-17H2,1-3H3,(H,26,30). The molecule has 33 heavy (non-hydrogen) atoms. The summed E-state index contributed by atoms with van der Waals surface area (Å²) in [6.07, 6.45) is 1.38. The van der Waals surface area contributed by atoms with Crippen molar-refractivity contribution in [3.05, 3.63) is 64.7 Å². The van der Waals surface area contributed by atoms with Crippen molar-refractivity contribution in [1.29, 1.82) is 0 Å². The van der Waals surface area contributed by atoms with E-state index in [9.17, 15) is 18.0 Å². The Morgan fingerprint density at radius 1 is 0.939 bits per heavy atom. The Morgan fingerprint density at radius 3 is 1.97 bits per heavy atom. The molecular formula is C24H30ClN3O4S. The maximum atomic E-state index is 13.0. The predicted octanol–water partition coefficient (Wildman–Crippen LogP) is 3.64. The maximum Gasteiger partial charge on any atom is 0.251 e. The van der Waals surface area contributed by atoms with Crippen molar-refractivity contribution in [1.82, 2.24) is 14.5 Å². The molecule has 0 aromatic heterocycles. The van der Waals surface area contributed by atoms with Gasteiger partial charge >= 0.3 is 0 Å². The number of piperazine rings is 1. The Labute approximate surface area is 200 Å². The molecule has 0 saturated carbocycles. The van der Waals surface area contributed by atoms with E-state index in [0.29, 0.717) is 36.5 Å². The van der Waals surface area contributed by atoms with E-state index in [1.807, 2.05) is 26.0 Å². The summed E-state index contributed by atoms with van der Waals surface area (Å²) < 4.78 is 27.4. The monoisotopic (exact) mass is 491 g/mol. The Kier molecular flexibility index (Phi) is 7.82. The van der Waals surface area contributed by atoms with Crippen LogP contribution in [0.4, 0.5) is 0 Å². The average Bonchev–Trinajstić information content (AvgIpc) is 2.83. The van der Waals surface area contributed by atoms with E-state index in [0.717, 1.165) is 5.56 Å². The van der Waals surface area contributed by atoms with E-state index in [2.05, 4.69) is 5.32 Å². The summed E-state index contributed by atoms with van der Waals surface area (Å²) in [6.45, 7) is 6.75. The van der Waals surface area contributed by atoms with Crippen molar-refractivity contribution in [2.24, 2.45) is 0 Å². The van der Waals surface area contributed by atoms with Gasteiger partial charge in [0.1, 0.15) is 0 Å². The second kappa shape index (κ2) is 10.2. The predicted molar refractivity (Wildman–Crippen MR) is 129 cm³/mol. The Morgan fingerprint density at radius 2 is 1.48 bits per heavy atom. The Balaban J connectivity index is 1.75. The van der Waals surface area contributed by atoms with Crippen LogP contribution in [0, 0.1) is 0 Å². The second-order valence-corrected chi connectivity index (χ2v) is 10.6. The summed E-state index contributed by atoms with van der Waals surface area (Å²) in [5, 5.41) is 3.77. The van der Waals surface area contributed by atoms with Crippen LogP contribution >= 0.6 is 11.6 Å². The molecule has 0 unspecified atom stereocenters. The van der Waals surface area contributed by atoms with Crippen LogP contribution in [-0.4, -0.2) is 55.6 Å². The summed E-state index contributed by atoms with van der Waals surface area (Å²) >= 11 is 6.02. The number of benzene rings is 2. The SMILES string of the molecule is CCC(CC)(NC(=O)c1ccc(S(=O)(=O)N2CCN(C(C)=O)CC2)cc1)c1ccc(Cl)cc1. The minimum Gasteiger partial charge on any atom is -0.343 e. The lowest BCUT2D eigenvalue weighted by Gasteiger charge is -2.34. The highest BCUT2D eigenvalue weighted by Gasteiger charge is 2.32. The van der Waals surface area contributed by atoms with Crippen molar-refractivity contribution in [3.8, 4) is 0 Å². The zero-order chi connectivity index (χ0) is 24.2. The summed E-state index contributed by atoms with van der Waals surface area (Å²) in [4.78, 5) is 26.3. The van der Waals surface area contributed by atoms with Gasteiger partial charge in [-0.25, -0.2) is 8.42 Å².